The third kappa shape index (κ3) is 3.09. The topological polar surface area (TPSA) is 38.8 Å². The molecule has 1 aliphatic rings. The Balaban J connectivity index is 1.87. The van der Waals surface area contributed by atoms with Crippen LogP contribution in [0.4, 0.5) is 0 Å². The lowest BCUT2D eigenvalue weighted by atomic mass is 10.0. The highest BCUT2D eigenvalue weighted by Crippen LogP contribution is 2.37. The van der Waals surface area contributed by atoms with E-state index in [1.54, 1.807) is 14.2 Å². The van der Waals surface area contributed by atoms with Crippen LogP contribution in [0.5, 0.6) is 11.5 Å². The lowest BCUT2D eigenvalue weighted by Gasteiger charge is -2.26. The number of carbonyl (C=O) groups excluding carboxylic acids is 1. The molecule has 126 valence electrons. The molecule has 24 heavy (non-hydrogen) atoms. The fourth-order valence-corrected chi connectivity index (χ4v) is 3.28. The molecular weight excluding hydrogens is 302 g/mol. The second-order valence-corrected chi connectivity index (χ2v) is 6.14. The molecule has 0 aliphatic carbocycles. The summed E-state index contributed by atoms with van der Waals surface area (Å²) in [6.07, 6.45) is 1.98. The number of methoxy groups -OCH3 is 2. The summed E-state index contributed by atoms with van der Waals surface area (Å²) in [5, 5.41) is 0. The van der Waals surface area contributed by atoms with Gasteiger partial charge in [0.05, 0.1) is 20.3 Å². The van der Waals surface area contributed by atoms with E-state index >= 15 is 0 Å². The molecule has 0 N–H and O–H groups in total. The molecule has 1 fully saturated rings. The maximum Gasteiger partial charge on any atom is 0.254 e. The number of rotatable bonds is 4. The van der Waals surface area contributed by atoms with Crippen LogP contribution in [0.15, 0.2) is 42.5 Å². The van der Waals surface area contributed by atoms with Gasteiger partial charge in [0.25, 0.3) is 5.91 Å². The Morgan fingerprint density at radius 1 is 1.04 bits per heavy atom. The molecule has 1 heterocycles. The zero-order valence-electron chi connectivity index (χ0n) is 14.4. The van der Waals surface area contributed by atoms with Crippen molar-refractivity contribution in [3.63, 3.8) is 0 Å². The van der Waals surface area contributed by atoms with Crippen molar-refractivity contribution >= 4 is 5.91 Å². The SMILES string of the molecule is COc1ccc(C2CCCN2C(=O)c2ccc(C)cc2)cc1OC. The van der Waals surface area contributed by atoms with E-state index in [0.29, 0.717) is 11.5 Å². The van der Waals surface area contributed by atoms with Gasteiger partial charge in [-0.25, -0.2) is 0 Å². The summed E-state index contributed by atoms with van der Waals surface area (Å²) in [5.74, 6) is 1.49. The van der Waals surface area contributed by atoms with Crippen LogP contribution < -0.4 is 9.47 Å². The van der Waals surface area contributed by atoms with Crippen LogP contribution in [0, 0.1) is 6.92 Å². The summed E-state index contributed by atoms with van der Waals surface area (Å²) >= 11 is 0. The Kier molecular flexibility index (Phi) is 4.74. The summed E-state index contributed by atoms with van der Waals surface area (Å²) in [6.45, 7) is 2.81. The van der Waals surface area contributed by atoms with E-state index in [0.717, 1.165) is 36.1 Å². The highest BCUT2D eigenvalue weighted by molar-refractivity contribution is 5.94. The summed E-state index contributed by atoms with van der Waals surface area (Å²) in [4.78, 5) is 14.9. The third-order valence-electron chi connectivity index (χ3n) is 4.60. The number of hydrogen-bond acceptors (Lipinski definition) is 3. The number of benzene rings is 2. The van der Waals surface area contributed by atoms with Crippen molar-refractivity contribution in [2.45, 2.75) is 25.8 Å². The first-order chi connectivity index (χ1) is 11.6. The van der Waals surface area contributed by atoms with Gasteiger partial charge in [-0.2, -0.15) is 0 Å². The van der Waals surface area contributed by atoms with E-state index in [1.165, 1.54) is 0 Å². The van der Waals surface area contributed by atoms with Gasteiger partial charge in [0.1, 0.15) is 0 Å². The number of likely N-dealkylation sites (tertiary alicyclic amines) is 1. The van der Waals surface area contributed by atoms with E-state index in [-0.39, 0.29) is 11.9 Å². The van der Waals surface area contributed by atoms with Gasteiger partial charge in [-0.05, 0) is 49.6 Å². The molecule has 2 aromatic carbocycles. The molecule has 1 atom stereocenters. The molecule has 0 spiro atoms. The number of aryl methyl sites for hydroxylation is 1. The Hall–Kier alpha value is -2.49. The maximum absolute atomic E-state index is 12.9. The van der Waals surface area contributed by atoms with Crippen molar-refractivity contribution in [2.24, 2.45) is 0 Å². The summed E-state index contributed by atoms with van der Waals surface area (Å²) in [7, 11) is 3.26. The second kappa shape index (κ2) is 6.95. The fourth-order valence-electron chi connectivity index (χ4n) is 3.28. The average molecular weight is 325 g/mol. The predicted octanol–water partition coefficient (Wildman–Crippen LogP) is 3.99. The molecule has 1 amide bonds. The molecule has 4 heteroatoms. The van der Waals surface area contributed by atoms with Crippen molar-refractivity contribution in [1.82, 2.24) is 4.90 Å². The minimum Gasteiger partial charge on any atom is -0.493 e. The van der Waals surface area contributed by atoms with E-state index in [1.807, 2.05) is 54.3 Å². The third-order valence-corrected chi connectivity index (χ3v) is 4.60. The van der Waals surface area contributed by atoms with Crippen molar-refractivity contribution < 1.29 is 14.3 Å². The molecule has 1 unspecified atom stereocenters. The number of ether oxygens (including phenoxy) is 2. The van der Waals surface area contributed by atoms with Gasteiger partial charge in [-0.1, -0.05) is 23.8 Å². The smallest absolute Gasteiger partial charge is 0.254 e. The number of carbonyl (C=O) groups is 1. The first kappa shape index (κ1) is 16.4. The van der Waals surface area contributed by atoms with Gasteiger partial charge in [0, 0.05) is 12.1 Å². The van der Waals surface area contributed by atoms with Crippen LogP contribution in [-0.2, 0) is 0 Å². The van der Waals surface area contributed by atoms with Gasteiger partial charge in [-0.3, -0.25) is 4.79 Å². The van der Waals surface area contributed by atoms with E-state index < -0.39 is 0 Å². The zero-order chi connectivity index (χ0) is 17.1. The van der Waals surface area contributed by atoms with Crippen LogP contribution in [0.25, 0.3) is 0 Å². The van der Waals surface area contributed by atoms with Gasteiger partial charge in [-0.15, -0.1) is 0 Å². The predicted molar refractivity (Wildman–Crippen MR) is 93.7 cm³/mol. The van der Waals surface area contributed by atoms with Gasteiger partial charge < -0.3 is 14.4 Å². The largest absolute Gasteiger partial charge is 0.493 e. The Morgan fingerprint density at radius 2 is 1.75 bits per heavy atom. The highest BCUT2D eigenvalue weighted by atomic mass is 16.5. The molecule has 0 saturated carbocycles. The molecule has 1 aliphatic heterocycles. The monoisotopic (exact) mass is 325 g/mol. The molecule has 0 bridgehead atoms. The first-order valence-corrected chi connectivity index (χ1v) is 8.23. The van der Waals surface area contributed by atoms with Crippen LogP contribution in [-0.4, -0.2) is 31.6 Å². The number of amides is 1. The van der Waals surface area contributed by atoms with Gasteiger partial charge >= 0.3 is 0 Å². The summed E-state index contributed by atoms with van der Waals surface area (Å²) in [5.41, 5.74) is 2.99. The van der Waals surface area contributed by atoms with E-state index in [9.17, 15) is 4.79 Å². The summed E-state index contributed by atoms with van der Waals surface area (Å²) < 4.78 is 10.7. The van der Waals surface area contributed by atoms with Crippen LogP contribution in [0.1, 0.15) is 40.4 Å². The molecular formula is C20H23NO3. The Morgan fingerprint density at radius 3 is 2.42 bits per heavy atom. The van der Waals surface area contributed by atoms with Crippen molar-refractivity contribution in [3.05, 3.63) is 59.2 Å². The maximum atomic E-state index is 12.9. The van der Waals surface area contributed by atoms with Crippen LogP contribution >= 0.6 is 0 Å². The molecule has 0 aromatic heterocycles. The molecule has 4 nitrogen and oxygen atoms in total. The Bertz CT molecular complexity index is 724. The molecule has 2 aromatic rings. The first-order valence-electron chi connectivity index (χ1n) is 8.23. The lowest BCUT2D eigenvalue weighted by molar-refractivity contribution is 0.0735. The van der Waals surface area contributed by atoms with Crippen LogP contribution in [0.3, 0.4) is 0 Å². The zero-order valence-corrected chi connectivity index (χ0v) is 14.4. The molecule has 3 rings (SSSR count). The Labute approximate surface area is 143 Å². The van der Waals surface area contributed by atoms with Crippen molar-refractivity contribution in [2.75, 3.05) is 20.8 Å². The van der Waals surface area contributed by atoms with E-state index in [4.69, 9.17) is 9.47 Å². The fraction of sp³-hybridized carbons (Fsp3) is 0.350. The molecule has 0 radical (unpaired) electrons. The van der Waals surface area contributed by atoms with Gasteiger partial charge in [0.2, 0.25) is 0 Å². The summed E-state index contributed by atoms with van der Waals surface area (Å²) in [6, 6.07) is 13.8. The van der Waals surface area contributed by atoms with Crippen molar-refractivity contribution in [3.8, 4) is 11.5 Å². The van der Waals surface area contributed by atoms with Gasteiger partial charge in [0.15, 0.2) is 11.5 Å². The number of hydrogen-bond donors (Lipinski definition) is 0. The quantitative estimate of drug-likeness (QED) is 0.853. The average Bonchev–Trinajstić information content (AvgIpc) is 3.10. The van der Waals surface area contributed by atoms with Crippen molar-refractivity contribution in [1.29, 1.82) is 0 Å². The normalized spacial score (nSPS) is 17.0. The second-order valence-electron chi connectivity index (χ2n) is 6.14. The minimum absolute atomic E-state index is 0.0820. The lowest BCUT2D eigenvalue weighted by Crippen LogP contribution is -2.30. The number of nitrogens with zero attached hydrogens (tertiary/aromatic N) is 1. The van der Waals surface area contributed by atoms with Crippen LogP contribution in [0.2, 0.25) is 0 Å². The standard InChI is InChI=1S/C20H23NO3/c1-14-6-8-15(9-7-14)20(22)21-12-4-5-17(21)16-10-11-18(23-2)19(13-16)24-3/h6-11,13,17H,4-5,12H2,1-3H3. The minimum atomic E-state index is 0.0820. The highest BCUT2D eigenvalue weighted by Gasteiger charge is 2.31. The molecule has 1 saturated heterocycles. The van der Waals surface area contributed by atoms with E-state index in [2.05, 4.69) is 0 Å².